The first kappa shape index (κ1) is 15.3. The van der Waals surface area contributed by atoms with Gasteiger partial charge in [-0.2, -0.15) is 0 Å². The van der Waals surface area contributed by atoms with Gasteiger partial charge in [0.25, 0.3) is 5.91 Å². The topological polar surface area (TPSA) is 60.0 Å². The largest absolute Gasteiger partial charge is 0.350 e. The number of nitrogens with one attached hydrogen (secondary N) is 1. The molecule has 1 amide bonds. The molecule has 118 valence electrons. The number of rotatable bonds is 5. The van der Waals surface area contributed by atoms with E-state index in [2.05, 4.69) is 35.0 Å². The minimum atomic E-state index is -0.0531. The maximum absolute atomic E-state index is 12.2. The highest BCUT2D eigenvalue weighted by Crippen LogP contribution is 2.18. The van der Waals surface area contributed by atoms with Gasteiger partial charge in [0.15, 0.2) is 0 Å². The molecular formula is C19H21N3O. The van der Waals surface area contributed by atoms with Gasteiger partial charge in [-0.3, -0.25) is 4.79 Å². The lowest BCUT2D eigenvalue weighted by Gasteiger charge is -2.10. The van der Waals surface area contributed by atoms with Crippen LogP contribution in [0.4, 0.5) is 0 Å². The summed E-state index contributed by atoms with van der Waals surface area (Å²) in [6.45, 7) is 3.93. The van der Waals surface area contributed by atoms with E-state index < -0.39 is 0 Å². The summed E-state index contributed by atoms with van der Waals surface area (Å²) in [6.07, 6.45) is 0. The lowest BCUT2D eigenvalue weighted by molar-refractivity contribution is 0.0952. The number of aromatic nitrogens is 1. The highest BCUT2D eigenvalue weighted by molar-refractivity contribution is 5.94. The summed E-state index contributed by atoms with van der Waals surface area (Å²) < 4.78 is 2.23. The van der Waals surface area contributed by atoms with Crippen molar-refractivity contribution >= 4 is 16.8 Å². The Kier molecular flexibility index (Phi) is 4.44. The third-order valence-electron chi connectivity index (χ3n) is 4.09. The summed E-state index contributed by atoms with van der Waals surface area (Å²) in [5.74, 6) is -0.0531. The number of carbonyl (C=O) groups excluding carboxylic acids is 1. The van der Waals surface area contributed by atoms with Gasteiger partial charge in [-0.1, -0.05) is 30.3 Å². The average molecular weight is 307 g/mol. The number of aryl methyl sites for hydroxylation is 1. The number of carbonyl (C=O) groups is 1. The number of nitrogens with zero attached hydrogens (tertiary/aromatic N) is 1. The molecule has 0 aliphatic carbocycles. The van der Waals surface area contributed by atoms with E-state index in [4.69, 9.17) is 5.73 Å². The molecular weight excluding hydrogens is 286 g/mol. The Morgan fingerprint density at radius 2 is 1.87 bits per heavy atom. The van der Waals surface area contributed by atoms with Crippen LogP contribution >= 0.6 is 0 Å². The second-order valence-electron chi connectivity index (χ2n) is 5.65. The molecule has 1 aromatic heterocycles. The zero-order valence-corrected chi connectivity index (χ0v) is 13.3. The fourth-order valence-electron chi connectivity index (χ4n) is 2.82. The van der Waals surface area contributed by atoms with Crippen LogP contribution in [0.3, 0.4) is 0 Å². The summed E-state index contributed by atoms with van der Waals surface area (Å²) in [5, 5.41) is 4.21. The van der Waals surface area contributed by atoms with Gasteiger partial charge < -0.3 is 15.6 Å². The minimum Gasteiger partial charge on any atom is -0.350 e. The van der Waals surface area contributed by atoms with Gasteiger partial charge in [-0.15, -0.1) is 0 Å². The van der Waals surface area contributed by atoms with Crippen LogP contribution in [0.1, 0.15) is 21.6 Å². The van der Waals surface area contributed by atoms with Gasteiger partial charge in [-0.25, -0.2) is 0 Å². The van der Waals surface area contributed by atoms with Gasteiger partial charge in [-0.05, 0) is 42.1 Å². The van der Waals surface area contributed by atoms with E-state index in [0.29, 0.717) is 18.7 Å². The van der Waals surface area contributed by atoms with Gasteiger partial charge in [0.05, 0.1) is 0 Å². The van der Waals surface area contributed by atoms with Crippen molar-refractivity contribution in [3.8, 4) is 0 Å². The monoisotopic (exact) mass is 307 g/mol. The Balaban J connectivity index is 1.64. The van der Waals surface area contributed by atoms with E-state index in [1.54, 1.807) is 0 Å². The molecule has 4 nitrogen and oxygen atoms in total. The van der Waals surface area contributed by atoms with Crippen LogP contribution in [0.15, 0.2) is 54.6 Å². The Morgan fingerprint density at radius 3 is 2.61 bits per heavy atom. The number of para-hydroxylation sites is 1. The first-order valence-corrected chi connectivity index (χ1v) is 7.81. The van der Waals surface area contributed by atoms with Crippen molar-refractivity contribution in [3.05, 3.63) is 71.4 Å². The molecule has 0 spiro atoms. The molecule has 3 N–H and O–H groups in total. The van der Waals surface area contributed by atoms with E-state index in [1.165, 1.54) is 16.6 Å². The predicted octanol–water partition coefficient (Wildman–Crippen LogP) is 2.84. The van der Waals surface area contributed by atoms with Gasteiger partial charge >= 0.3 is 0 Å². The van der Waals surface area contributed by atoms with Gasteiger partial charge in [0.1, 0.15) is 0 Å². The van der Waals surface area contributed by atoms with E-state index in [9.17, 15) is 4.79 Å². The number of amides is 1. The van der Waals surface area contributed by atoms with Crippen molar-refractivity contribution in [2.75, 3.05) is 6.54 Å². The lowest BCUT2D eigenvalue weighted by Crippen LogP contribution is -2.27. The molecule has 3 rings (SSSR count). The average Bonchev–Trinajstić information content (AvgIpc) is 2.90. The molecule has 23 heavy (non-hydrogen) atoms. The summed E-state index contributed by atoms with van der Waals surface area (Å²) in [4.78, 5) is 12.2. The zero-order chi connectivity index (χ0) is 16.2. The van der Waals surface area contributed by atoms with E-state index in [0.717, 1.165) is 12.1 Å². The van der Waals surface area contributed by atoms with Crippen LogP contribution in [-0.4, -0.2) is 17.0 Å². The number of fused-ring (bicyclic) bond motifs is 1. The lowest BCUT2D eigenvalue weighted by atomic mass is 10.1. The third kappa shape index (κ3) is 3.27. The maximum atomic E-state index is 12.2. The van der Waals surface area contributed by atoms with Crippen molar-refractivity contribution in [3.63, 3.8) is 0 Å². The van der Waals surface area contributed by atoms with Crippen molar-refractivity contribution in [1.29, 1.82) is 0 Å². The predicted molar refractivity (Wildman–Crippen MR) is 93.3 cm³/mol. The Hall–Kier alpha value is -2.59. The molecule has 4 heteroatoms. The summed E-state index contributed by atoms with van der Waals surface area (Å²) >= 11 is 0. The van der Waals surface area contributed by atoms with Crippen LogP contribution in [-0.2, 0) is 13.1 Å². The highest BCUT2D eigenvalue weighted by atomic mass is 16.1. The molecule has 2 aromatic carbocycles. The minimum absolute atomic E-state index is 0.0531. The number of nitrogens with two attached hydrogens (primary N) is 1. The van der Waals surface area contributed by atoms with E-state index in [-0.39, 0.29) is 5.91 Å². The number of hydrogen-bond donors (Lipinski definition) is 2. The second-order valence-corrected chi connectivity index (χ2v) is 5.65. The van der Waals surface area contributed by atoms with Crippen LogP contribution in [0.5, 0.6) is 0 Å². The highest BCUT2D eigenvalue weighted by Gasteiger charge is 2.07. The molecule has 0 bridgehead atoms. The first-order chi connectivity index (χ1) is 11.2. The summed E-state index contributed by atoms with van der Waals surface area (Å²) in [7, 11) is 0. The van der Waals surface area contributed by atoms with Crippen LogP contribution < -0.4 is 11.1 Å². The quantitative estimate of drug-likeness (QED) is 0.761. The van der Waals surface area contributed by atoms with Crippen molar-refractivity contribution in [2.24, 2.45) is 5.73 Å². The van der Waals surface area contributed by atoms with Crippen LogP contribution in [0.25, 0.3) is 10.9 Å². The normalized spacial score (nSPS) is 10.9. The van der Waals surface area contributed by atoms with Crippen molar-refractivity contribution < 1.29 is 4.79 Å². The van der Waals surface area contributed by atoms with Crippen LogP contribution in [0, 0.1) is 6.92 Å². The molecule has 0 radical (unpaired) electrons. The van der Waals surface area contributed by atoms with Gasteiger partial charge in [0.2, 0.25) is 0 Å². The Morgan fingerprint density at radius 1 is 1.13 bits per heavy atom. The molecule has 0 unspecified atom stereocenters. The Labute approximate surface area is 135 Å². The number of hydrogen-bond acceptors (Lipinski definition) is 2. The fourth-order valence-corrected chi connectivity index (χ4v) is 2.82. The molecule has 3 aromatic rings. The molecule has 1 heterocycles. The Bertz CT molecular complexity index is 818. The second kappa shape index (κ2) is 6.67. The zero-order valence-electron chi connectivity index (χ0n) is 13.3. The van der Waals surface area contributed by atoms with Crippen molar-refractivity contribution in [2.45, 2.75) is 20.0 Å². The summed E-state index contributed by atoms with van der Waals surface area (Å²) in [5.41, 5.74) is 9.66. The van der Waals surface area contributed by atoms with E-state index in [1.807, 2.05) is 36.4 Å². The third-order valence-corrected chi connectivity index (χ3v) is 4.09. The molecule has 0 atom stereocenters. The number of benzene rings is 2. The molecule has 0 fully saturated rings. The molecule has 0 aliphatic rings. The molecule has 0 aliphatic heterocycles. The molecule has 0 saturated heterocycles. The summed E-state index contributed by atoms with van der Waals surface area (Å²) in [6, 6.07) is 17.9. The fraction of sp³-hybridized carbons (Fsp3) is 0.211. The SMILES string of the molecule is Cc1cc2ccccc2n1CCNC(=O)c1ccc(CN)cc1. The standard InChI is InChI=1S/C19H21N3O/c1-14-12-17-4-2-3-5-18(17)22(14)11-10-21-19(23)16-8-6-15(13-20)7-9-16/h2-9,12H,10-11,13,20H2,1H3,(H,21,23). The first-order valence-electron chi connectivity index (χ1n) is 7.81. The van der Waals surface area contributed by atoms with E-state index >= 15 is 0 Å². The van der Waals surface area contributed by atoms with Crippen LogP contribution in [0.2, 0.25) is 0 Å². The molecule has 0 saturated carbocycles. The smallest absolute Gasteiger partial charge is 0.251 e. The van der Waals surface area contributed by atoms with Crippen molar-refractivity contribution in [1.82, 2.24) is 9.88 Å². The van der Waals surface area contributed by atoms with Gasteiger partial charge in [0, 0.05) is 36.4 Å². The maximum Gasteiger partial charge on any atom is 0.251 e.